The second-order valence-electron chi connectivity index (χ2n) is 5.80. The molecule has 1 aromatic carbocycles. The van der Waals surface area contributed by atoms with Gasteiger partial charge in [-0.2, -0.15) is 0 Å². The lowest BCUT2D eigenvalue weighted by Gasteiger charge is -2.30. The SMILES string of the molecule is O=c1[nH]c(=O)n(-c2ccc(F)cc2)c2c1CN(Cc1ccco1)CN2. The quantitative estimate of drug-likeness (QED) is 0.756. The van der Waals surface area contributed by atoms with Crippen LogP contribution >= 0.6 is 0 Å². The van der Waals surface area contributed by atoms with Gasteiger partial charge in [0.1, 0.15) is 17.4 Å². The van der Waals surface area contributed by atoms with E-state index in [1.165, 1.54) is 28.8 Å². The summed E-state index contributed by atoms with van der Waals surface area (Å²) in [4.78, 5) is 28.8. The molecule has 8 heteroatoms. The maximum absolute atomic E-state index is 13.2. The van der Waals surface area contributed by atoms with E-state index >= 15 is 0 Å². The third-order valence-corrected chi connectivity index (χ3v) is 4.10. The molecule has 0 radical (unpaired) electrons. The van der Waals surface area contributed by atoms with E-state index in [1.807, 2.05) is 11.0 Å². The third kappa shape index (κ3) is 2.87. The van der Waals surface area contributed by atoms with Crippen molar-refractivity contribution in [2.45, 2.75) is 13.1 Å². The minimum atomic E-state index is -0.567. The summed E-state index contributed by atoms with van der Waals surface area (Å²) >= 11 is 0. The van der Waals surface area contributed by atoms with E-state index in [9.17, 15) is 14.0 Å². The van der Waals surface area contributed by atoms with E-state index in [4.69, 9.17) is 4.42 Å². The predicted molar refractivity (Wildman–Crippen MR) is 89.1 cm³/mol. The first kappa shape index (κ1) is 15.4. The van der Waals surface area contributed by atoms with Gasteiger partial charge in [0.2, 0.25) is 0 Å². The first-order valence-electron chi connectivity index (χ1n) is 7.74. The van der Waals surface area contributed by atoms with Crippen LogP contribution in [0, 0.1) is 5.82 Å². The Hall–Kier alpha value is -3.13. The molecule has 128 valence electrons. The average Bonchev–Trinajstić information content (AvgIpc) is 3.10. The number of aromatic nitrogens is 2. The molecule has 2 N–H and O–H groups in total. The normalized spacial score (nSPS) is 14.1. The van der Waals surface area contributed by atoms with Gasteiger partial charge in [-0.3, -0.25) is 14.7 Å². The lowest BCUT2D eigenvalue weighted by atomic mass is 10.2. The first-order valence-corrected chi connectivity index (χ1v) is 7.74. The monoisotopic (exact) mass is 342 g/mol. The summed E-state index contributed by atoms with van der Waals surface area (Å²) in [6.45, 7) is 1.34. The van der Waals surface area contributed by atoms with Gasteiger partial charge in [0.05, 0.1) is 30.7 Å². The zero-order valence-corrected chi connectivity index (χ0v) is 13.2. The van der Waals surface area contributed by atoms with Crippen LogP contribution in [0.25, 0.3) is 5.69 Å². The Labute approximate surface area is 141 Å². The Kier molecular flexibility index (Phi) is 3.73. The Balaban J connectivity index is 1.74. The van der Waals surface area contributed by atoms with Crippen LogP contribution in [-0.2, 0) is 13.1 Å². The molecule has 0 fully saturated rings. The molecule has 0 bridgehead atoms. The van der Waals surface area contributed by atoms with Crippen molar-refractivity contribution in [3.05, 3.63) is 80.6 Å². The van der Waals surface area contributed by atoms with Crippen molar-refractivity contribution in [3.63, 3.8) is 0 Å². The molecule has 1 aliphatic rings. The Morgan fingerprint density at radius 1 is 1.16 bits per heavy atom. The van der Waals surface area contributed by atoms with Crippen LogP contribution in [-0.4, -0.2) is 21.1 Å². The Morgan fingerprint density at radius 3 is 2.68 bits per heavy atom. The number of benzene rings is 1. The van der Waals surface area contributed by atoms with Crippen molar-refractivity contribution in [1.82, 2.24) is 14.5 Å². The van der Waals surface area contributed by atoms with Gasteiger partial charge in [0.25, 0.3) is 5.56 Å². The second kappa shape index (κ2) is 6.06. The number of fused-ring (bicyclic) bond motifs is 1. The maximum Gasteiger partial charge on any atom is 0.334 e. The molecule has 1 aliphatic heterocycles. The fraction of sp³-hybridized carbons (Fsp3) is 0.176. The van der Waals surface area contributed by atoms with Crippen molar-refractivity contribution in [2.24, 2.45) is 0 Å². The summed E-state index contributed by atoms with van der Waals surface area (Å²) in [7, 11) is 0. The molecule has 4 rings (SSSR count). The van der Waals surface area contributed by atoms with Crippen LogP contribution in [0.1, 0.15) is 11.3 Å². The summed E-state index contributed by atoms with van der Waals surface area (Å²) in [5.41, 5.74) is -0.0787. The lowest BCUT2D eigenvalue weighted by Crippen LogP contribution is -2.42. The van der Waals surface area contributed by atoms with Gasteiger partial charge in [-0.05, 0) is 36.4 Å². The lowest BCUT2D eigenvalue weighted by molar-refractivity contribution is 0.241. The van der Waals surface area contributed by atoms with E-state index in [1.54, 1.807) is 12.3 Å². The Bertz CT molecular complexity index is 1010. The van der Waals surface area contributed by atoms with Crippen LogP contribution in [0.3, 0.4) is 0 Å². The molecule has 0 amide bonds. The number of nitrogens with zero attached hydrogens (tertiary/aromatic N) is 2. The molecular weight excluding hydrogens is 327 g/mol. The summed E-state index contributed by atoms with van der Waals surface area (Å²) in [6.07, 6.45) is 1.60. The highest BCUT2D eigenvalue weighted by atomic mass is 19.1. The first-order chi connectivity index (χ1) is 12.1. The number of rotatable bonds is 3. The number of hydrogen-bond acceptors (Lipinski definition) is 5. The smallest absolute Gasteiger partial charge is 0.334 e. The highest BCUT2D eigenvalue weighted by Gasteiger charge is 2.23. The van der Waals surface area contributed by atoms with Gasteiger partial charge < -0.3 is 9.73 Å². The van der Waals surface area contributed by atoms with Gasteiger partial charge in [0, 0.05) is 6.54 Å². The average molecular weight is 342 g/mol. The highest BCUT2D eigenvalue weighted by molar-refractivity contribution is 5.51. The van der Waals surface area contributed by atoms with Gasteiger partial charge >= 0.3 is 5.69 Å². The van der Waals surface area contributed by atoms with E-state index in [2.05, 4.69) is 10.3 Å². The molecule has 0 saturated heterocycles. The van der Waals surface area contributed by atoms with Crippen LogP contribution in [0.5, 0.6) is 0 Å². The van der Waals surface area contributed by atoms with Crippen molar-refractivity contribution in [3.8, 4) is 5.69 Å². The van der Waals surface area contributed by atoms with Crippen molar-refractivity contribution < 1.29 is 8.81 Å². The van der Waals surface area contributed by atoms with E-state index in [0.717, 1.165) is 5.76 Å². The molecule has 0 unspecified atom stereocenters. The maximum atomic E-state index is 13.2. The van der Waals surface area contributed by atoms with E-state index in [0.29, 0.717) is 36.8 Å². The van der Waals surface area contributed by atoms with Gasteiger partial charge in [-0.25, -0.2) is 13.8 Å². The highest BCUT2D eigenvalue weighted by Crippen LogP contribution is 2.22. The molecule has 0 spiro atoms. The van der Waals surface area contributed by atoms with Gasteiger partial charge in [-0.1, -0.05) is 0 Å². The minimum Gasteiger partial charge on any atom is -0.468 e. The number of aromatic amines is 1. The molecule has 2 aromatic heterocycles. The predicted octanol–water partition coefficient (Wildman–Crippen LogP) is 1.64. The number of hydrogen-bond donors (Lipinski definition) is 2. The molecular formula is C17H15FN4O3. The van der Waals surface area contributed by atoms with Crippen LogP contribution in [0.15, 0.2) is 56.7 Å². The number of furan rings is 1. The fourth-order valence-corrected chi connectivity index (χ4v) is 2.94. The van der Waals surface area contributed by atoms with Crippen LogP contribution in [0.4, 0.5) is 10.2 Å². The standard InChI is InChI=1S/C17H15FN4O3/c18-11-3-5-12(6-4-11)22-15-14(16(23)20-17(22)24)9-21(10-19-15)8-13-2-1-7-25-13/h1-7,19H,8-10H2,(H,20,23,24). The summed E-state index contributed by atoms with van der Waals surface area (Å²) in [5, 5.41) is 3.12. The summed E-state index contributed by atoms with van der Waals surface area (Å²) < 4.78 is 19.8. The van der Waals surface area contributed by atoms with Crippen LogP contribution in [0.2, 0.25) is 0 Å². The fourth-order valence-electron chi connectivity index (χ4n) is 2.94. The zero-order valence-electron chi connectivity index (χ0n) is 13.2. The molecule has 3 aromatic rings. The number of H-pyrrole nitrogens is 1. The Morgan fingerprint density at radius 2 is 1.96 bits per heavy atom. The van der Waals surface area contributed by atoms with Crippen molar-refractivity contribution in [2.75, 3.05) is 12.0 Å². The van der Waals surface area contributed by atoms with Crippen molar-refractivity contribution in [1.29, 1.82) is 0 Å². The number of anilines is 1. The van der Waals surface area contributed by atoms with Gasteiger partial charge in [-0.15, -0.1) is 0 Å². The molecule has 3 heterocycles. The molecule has 7 nitrogen and oxygen atoms in total. The largest absolute Gasteiger partial charge is 0.468 e. The molecule has 0 saturated carbocycles. The summed E-state index contributed by atoms with van der Waals surface area (Å²) in [6, 6.07) is 9.19. The van der Waals surface area contributed by atoms with Gasteiger partial charge in [0.15, 0.2) is 0 Å². The number of halogens is 1. The molecule has 0 aliphatic carbocycles. The van der Waals surface area contributed by atoms with Crippen molar-refractivity contribution >= 4 is 5.82 Å². The zero-order chi connectivity index (χ0) is 17.4. The number of nitrogens with one attached hydrogen (secondary N) is 2. The molecule has 25 heavy (non-hydrogen) atoms. The molecule has 0 atom stereocenters. The third-order valence-electron chi connectivity index (χ3n) is 4.10. The topological polar surface area (TPSA) is 83.3 Å². The van der Waals surface area contributed by atoms with E-state index in [-0.39, 0.29) is 0 Å². The minimum absolute atomic E-state index is 0.361. The second-order valence-corrected chi connectivity index (χ2v) is 5.80. The van der Waals surface area contributed by atoms with Crippen LogP contribution < -0.4 is 16.6 Å². The van der Waals surface area contributed by atoms with E-state index < -0.39 is 17.1 Å². The summed E-state index contributed by atoms with van der Waals surface area (Å²) in [5.74, 6) is 0.817.